The molecule has 2 aromatic heterocycles. The Morgan fingerprint density at radius 3 is 3.00 bits per heavy atom. The van der Waals surface area contributed by atoms with Crippen LogP contribution in [0, 0.1) is 6.92 Å². The summed E-state index contributed by atoms with van der Waals surface area (Å²) in [6.07, 6.45) is 1.47. The van der Waals surface area contributed by atoms with E-state index in [4.69, 9.17) is 4.42 Å². The Balaban J connectivity index is 2.19. The molecule has 3 aromatic rings. The van der Waals surface area contributed by atoms with Gasteiger partial charge in [-0.15, -0.1) is 0 Å². The molecular formula is C14H16N4O. The topological polar surface area (TPSA) is 55.9 Å². The van der Waals surface area contributed by atoms with Crippen molar-refractivity contribution in [1.82, 2.24) is 20.1 Å². The van der Waals surface area contributed by atoms with Crippen LogP contribution in [-0.4, -0.2) is 21.8 Å². The minimum absolute atomic E-state index is 0.742. The van der Waals surface area contributed by atoms with Gasteiger partial charge in [0.05, 0.1) is 5.69 Å². The lowest BCUT2D eigenvalue weighted by atomic mass is 10.0. The average molecular weight is 256 g/mol. The average Bonchev–Trinajstić information content (AvgIpc) is 2.95. The summed E-state index contributed by atoms with van der Waals surface area (Å²) in [6.45, 7) is 2.82. The third-order valence-corrected chi connectivity index (χ3v) is 3.37. The molecule has 5 heteroatoms. The van der Waals surface area contributed by atoms with Gasteiger partial charge in [0.2, 0.25) is 0 Å². The number of benzene rings is 1. The molecule has 19 heavy (non-hydrogen) atoms. The number of hydrogen-bond acceptors (Lipinski definition) is 4. The third kappa shape index (κ3) is 1.92. The Hall–Kier alpha value is -2.14. The van der Waals surface area contributed by atoms with Gasteiger partial charge < -0.3 is 9.73 Å². The number of hydrogen-bond donors (Lipinski definition) is 1. The fraction of sp³-hybridized carbons (Fsp3) is 0.286. The summed E-state index contributed by atoms with van der Waals surface area (Å²) in [5.41, 5.74) is 6.14. The van der Waals surface area contributed by atoms with Gasteiger partial charge >= 0.3 is 0 Å². The predicted molar refractivity (Wildman–Crippen MR) is 73.7 cm³/mol. The second-order valence-electron chi connectivity index (χ2n) is 4.60. The van der Waals surface area contributed by atoms with E-state index in [0.717, 1.165) is 40.2 Å². The molecule has 0 aliphatic rings. The van der Waals surface area contributed by atoms with Crippen molar-refractivity contribution in [3.05, 3.63) is 36.0 Å². The van der Waals surface area contributed by atoms with Gasteiger partial charge in [-0.1, -0.05) is 6.07 Å². The van der Waals surface area contributed by atoms with Crippen LogP contribution in [0.25, 0.3) is 22.2 Å². The van der Waals surface area contributed by atoms with E-state index >= 15 is 0 Å². The van der Waals surface area contributed by atoms with Gasteiger partial charge in [0.25, 0.3) is 0 Å². The van der Waals surface area contributed by atoms with Gasteiger partial charge in [0.1, 0.15) is 5.52 Å². The summed E-state index contributed by atoms with van der Waals surface area (Å²) >= 11 is 0. The Morgan fingerprint density at radius 2 is 2.21 bits per heavy atom. The second-order valence-corrected chi connectivity index (χ2v) is 4.60. The monoisotopic (exact) mass is 256 g/mol. The summed E-state index contributed by atoms with van der Waals surface area (Å²) in [7, 11) is 3.89. The van der Waals surface area contributed by atoms with Crippen molar-refractivity contribution in [2.24, 2.45) is 7.05 Å². The van der Waals surface area contributed by atoms with E-state index in [1.807, 2.05) is 30.9 Å². The Kier molecular flexibility index (Phi) is 2.83. The summed E-state index contributed by atoms with van der Waals surface area (Å²) in [5.74, 6) is 0. The molecule has 1 N–H and O–H groups in total. The fourth-order valence-electron chi connectivity index (χ4n) is 2.35. The van der Waals surface area contributed by atoms with Crippen molar-refractivity contribution in [2.75, 3.05) is 7.05 Å². The second kappa shape index (κ2) is 4.51. The van der Waals surface area contributed by atoms with Crippen LogP contribution < -0.4 is 5.32 Å². The van der Waals surface area contributed by atoms with Crippen LogP contribution in [0.15, 0.2) is 29.0 Å². The Morgan fingerprint density at radius 1 is 1.37 bits per heavy atom. The molecule has 0 atom stereocenters. The van der Waals surface area contributed by atoms with Crippen LogP contribution >= 0.6 is 0 Å². The quantitative estimate of drug-likeness (QED) is 0.781. The molecule has 0 saturated carbocycles. The number of aryl methyl sites for hydroxylation is 1. The molecule has 5 nitrogen and oxygen atoms in total. The number of aromatic nitrogens is 3. The Bertz CT molecular complexity index is 726. The van der Waals surface area contributed by atoms with Crippen molar-refractivity contribution >= 4 is 11.1 Å². The first-order chi connectivity index (χ1) is 9.20. The molecule has 0 saturated heterocycles. The molecule has 0 aliphatic heterocycles. The zero-order valence-corrected chi connectivity index (χ0v) is 11.3. The van der Waals surface area contributed by atoms with Gasteiger partial charge in [-0.05, 0) is 31.7 Å². The van der Waals surface area contributed by atoms with E-state index in [0.29, 0.717) is 0 Å². The first kappa shape index (κ1) is 11.9. The van der Waals surface area contributed by atoms with Gasteiger partial charge in [-0.3, -0.25) is 4.68 Å². The molecule has 0 amide bonds. The molecule has 1 aromatic carbocycles. The van der Waals surface area contributed by atoms with Gasteiger partial charge in [0.15, 0.2) is 12.0 Å². The lowest BCUT2D eigenvalue weighted by Gasteiger charge is -2.04. The van der Waals surface area contributed by atoms with E-state index in [2.05, 4.69) is 28.4 Å². The summed E-state index contributed by atoms with van der Waals surface area (Å²) in [4.78, 5) is 4.14. The molecule has 0 aliphatic carbocycles. The molecule has 98 valence electrons. The highest BCUT2D eigenvalue weighted by Gasteiger charge is 2.15. The Labute approximate surface area is 111 Å². The molecular weight excluding hydrogens is 240 g/mol. The van der Waals surface area contributed by atoms with Crippen LogP contribution in [0.4, 0.5) is 0 Å². The summed E-state index contributed by atoms with van der Waals surface area (Å²) in [5, 5.41) is 7.71. The van der Waals surface area contributed by atoms with Crippen LogP contribution in [0.2, 0.25) is 0 Å². The van der Waals surface area contributed by atoms with Gasteiger partial charge in [0, 0.05) is 24.8 Å². The van der Waals surface area contributed by atoms with Crippen molar-refractivity contribution < 1.29 is 4.42 Å². The molecule has 0 radical (unpaired) electrons. The van der Waals surface area contributed by atoms with Crippen molar-refractivity contribution in [1.29, 1.82) is 0 Å². The first-order valence-corrected chi connectivity index (χ1v) is 6.21. The molecule has 0 fully saturated rings. The maximum Gasteiger partial charge on any atom is 0.181 e. The first-order valence-electron chi connectivity index (χ1n) is 6.21. The predicted octanol–water partition coefficient (Wildman–Crippen LogP) is 2.26. The number of oxazole rings is 1. The largest absolute Gasteiger partial charge is 0.443 e. The number of fused-ring (bicyclic) bond motifs is 1. The maximum atomic E-state index is 5.37. The SMILES string of the molecule is CNCc1nn(C)c(C)c1-c1ccc2ncoc2c1. The highest BCUT2D eigenvalue weighted by atomic mass is 16.3. The normalized spacial score (nSPS) is 11.3. The van der Waals surface area contributed by atoms with Crippen LogP contribution in [0.5, 0.6) is 0 Å². The standard InChI is InChI=1S/C14H16N4O/c1-9-14(12(7-15-2)17-18(9)3)10-4-5-11-13(6-10)19-8-16-11/h4-6,8,15H,7H2,1-3H3. The molecule has 2 heterocycles. The van der Waals surface area contributed by atoms with E-state index in [1.54, 1.807) is 0 Å². The fourth-order valence-corrected chi connectivity index (χ4v) is 2.35. The van der Waals surface area contributed by atoms with Crippen molar-refractivity contribution in [2.45, 2.75) is 13.5 Å². The molecule has 3 rings (SSSR count). The van der Waals surface area contributed by atoms with Gasteiger partial charge in [-0.2, -0.15) is 5.10 Å². The zero-order valence-electron chi connectivity index (χ0n) is 11.3. The van der Waals surface area contributed by atoms with Crippen molar-refractivity contribution in [3.8, 4) is 11.1 Å². The lowest BCUT2D eigenvalue weighted by Crippen LogP contribution is -2.07. The zero-order chi connectivity index (χ0) is 13.4. The van der Waals surface area contributed by atoms with Crippen LogP contribution in [0.1, 0.15) is 11.4 Å². The maximum absolute atomic E-state index is 5.37. The minimum atomic E-state index is 0.742. The highest BCUT2D eigenvalue weighted by molar-refractivity contribution is 5.81. The highest BCUT2D eigenvalue weighted by Crippen LogP contribution is 2.29. The molecule has 0 bridgehead atoms. The smallest absolute Gasteiger partial charge is 0.181 e. The van der Waals surface area contributed by atoms with E-state index in [-0.39, 0.29) is 0 Å². The molecule has 0 unspecified atom stereocenters. The van der Waals surface area contributed by atoms with E-state index in [9.17, 15) is 0 Å². The number of nitrogens with one attached hydrogen (secondary N) is 1. The molecule has 0 spiro atoms. The van der Waals surface area contributed by atoms with Crippen LogP contribution in [-0.2, 0) is 13.6 Å². The lowest BCUT2D eigenvalue weighted by molar-refractivity contribution is 0.602. The minimum Gasteiger partial charge on any atom is -0.443 e. The summed E-state index contributed by atoms with van der Waals surface area (Å²) < 4.78 is 7.28. The third-order valence-electron chi connectivity index (χ3n) is 3.37. The summed E-state index contributed by atoms with van der Waals surface area (Å²) in [6, 6.07) is 6.06. The van der Waals surface area contributed by atoms with E-state index in [1.165, 1.54) is 6.39 Å². The number of rotatable bonds is 3. The van der Waals surface area contributed by atoms with Crippen LogP contribution in [0.3, 0.4) is 0 Å². The van der Waals surface area contributed by atoms with Gasteiger partial charge in [-0.25, -0.2) is 4.98 Å². The number of nitrogens with zero attached hydrogens (tertiary/aromatic N) is 3. The van der Waals surface area contributed by atoms with E-state index < -0.39 is 0 Å². The van der Waals surface area contributed by atoms with Crippen molar-refractivity contribution in [3.63, 3.8) is 0 Å².